The van der Waals surface area contributed by atoms with E-state index in [9.17, 15) is 9.59 Å². The molecular weight excluding hydrogens is 264 g/mol. The van der Waals surface area contributed by atoms with Gasteiger partial charge in [-0.25, -0.2) is 0 Å². The third-order valence-electron chi connectivity index (χ3n) is 5.28. The van der Waals surface area contributed by atoms with Crippen LogP contribution in [0.3, 0.4) is 0 Å². The van der Waals surface area contributed by atoms with Crippen LogP contribution in [0.2, 0.25) is 0 Å². The van der Waals surface area contributed by atoms with Crippen molar-refractivity contribution in [2.45, 2.75) is 84.7 Å². The van der Waals surface area contributed by atoms with Gasteiger partial charge in [-0.3, -0.25) is 9.59 Å². The second kappa shape index (κ2) is 5.94. The maximum absolute atomic E-state index is 12.3. The highest BCUT2D eigenvalue weighted by atomic mass is 16.6. The van der Waals surface area contributed by atoms with Crippen LogP contribution in [-0.2, 0) is 14.3 Å². The molecule has 0 bridgehead atoms. The minimum atomic E-state index is -0.929. The number of Topliss-reactive ketones (excluding diaryl/α,β-unsaturated/α-hetero) is 1. The Morgan fingerprint density at radius 2 is 1.67 bits per heavy atom. The van der Waals surface area contributed by atoms with E-state index in [1.807, 2.05) is 0 Å². The van der Waals surface area contributed by atoms with Gasteiger partial charge in [0.2, 0.25) is 0 Å². The first-order valence-corrected chi connectivity index (χ1v) is 8.19. The number of hydrogen-bond acceptors (Lipinski definition) is 3. The number of carbonyl (C=O) groups excluding carboxylic acids is 2. The molecule has 21 heavy (non-hydrogen) atoms. The van der Waals surface area contributed by atoms with Gasteiger partial charge >= 0.3 is 5.97 Å². The Hall–Kier alpha value is -1.12. The zero-order valence-electron chi connectivity index (χ0n) is 13.9. The van der Waals surface area contributed by atoms with E-state index in [-0.39, 0.29) is 17.2 Å². The lowest BCUT2D eigenvalue weighted by atomic mass is 9.66. The first kappa shape index (κ1) is 16.3. The van der Waals surface area contributed by atoms with E-state index in [0.717, 1.165) is 32.1 Å². The number of hydrogen-bond donors (Lipinski definition) is 0. The first-order valence-electron chi connectivity index (χ1n) is 8.19. The second-order valence-electron chi connectivity index (χ2n) is 7.35. The topological polar surface area (TPSA) is 43.4 Å². The summed E-state index contributed by atoms with van der Waals surface area (Å²) in [4.78, 5) is 23.9. The van der Waals surface area contributed by atoms with Gasteiger partial charge in [0.25, 0.3) is 0 Å². The van der Waals surface area contributed by atoms with Crippen molar-refractivity contribution in [2.75, 3.05) is 0 Å². The lowest BCUT2D eigenvalue weighted by Gasteiger charge is -2.42. The summed E-state index contributed by atoms with van der Waals surface area (Å²) >= 11 is 0. The predicted molar refractivity (Wildman–Crippen MR) is 82.9 cm³/mol. The minimum absolute atomic E-state index is 0.00664. The van der Waals surface area contributed by atoms with Gasteiger partial charge in [-0.1, -0.05) is 25.0 Å². The molecule has 0 aliphatic heterocycles. The van der Waals surface area contributed by atoms with Gasteiger partial charge in [0.15, 0.2) is 11.4 Å². The van der Waals surface area contributed by atoms with Crippen LogP contribution in [0.5, 0.6) is 0 Å². The molecule has 2 rings (SSSR count). The van der Waals surface area contributed by atoms with Crippen LogP contribution in [0.25, 0.3) is 0 Å². The zero-order valence-corrected chi connectivity index (χ0v) is 13.9. The second-order valence-corrected chi connectivity index (χ2v) is 7.35. The van der Waals surface area contributed by atoms with Crippen molar-refractivity contribution in [3.63, 3.8) is 0 Å². The van der Waals surface area contributed by atoms with E-state index < -0.39 is 5.60 Å². The summed E-state index contributed by atoms with van der Waals surface area (Å²) < 4.78 is 5.60. The summed E-state index contributed by atoms with van der Waals surface area (Å²) in [6.07, 6.45) is 7.97. The van der Waals surface area contributed by atoms with E-state index in [1.165, 1.54) is 24.5 Å². The van der Waals surface area contributed by atoms with E-state index in [1.54, 1.807) is 6.92 Å². The van der Waals surface area contributed by atoms with Crippen molar-refractivity contribution in [2.24, 2.45) is 5.41 Å². The van der Waals surface area contributed by atoms with Crippen LogP contribution in [0, 0.1) is 5.41 Å². The molecule has 3 nitrogen and oxygen atoms in total. The smallest absolute Gasteiger partial charge is 0.303 e. The van der Waals surface area contributed by atoms with E-state index in [4.69, 9.17) is 4.74 Å². The van der Waals surface area contributed by atoms with Crippen LogP contribution in [-0.4, -0.2) is 17.4 Å². The summed E-state index contributed by atoms with van der Waals surface area (Å²) in [6, 6.07) is 0. The molecule has 0 amide bonds. The highest BCUT2D eigenvalue weighted by molar-refractivity contribution is 5.87. The summed E-state index contributed by atoms with van der Waals surface area (Å²) in [5.74, 6) is -0.352. The van der Waals surface area contributed by atoms with Crippen LogP contribution >= 0.6 is 0 Å². The molecule has 1 unspecified atom stereocenters. The lowest BCUT2D eigenvalue weighted by molar-refractivity contribution is -0.166. The number of ether oxygens (including phenoxy) is 1. The number of rotatable bonds is 2. The van der Waals surface area contributed by atoms with Gasteiger partial charge in [0.1, 0.15) is 0 Å². The van der Waals surface area contributed by atoms with Crippen molar-refractivity contribution in [1.82, 2.24) is 0 Å². The zero-order chi connectivity index (χ0) is 15.7. The fourth-order valence-electron chi connectivity index (χ4n) is 4.02. The quantitative estimate of drug-likeness (QED) is 0.561. The van der Waals surface area contributed by atoms with E-state index in [0.29, 0.717) is 12.8 Å². The molecule has 0 N–H and O–H groups in total. The van der Waals surface area contributed by atoms with Gasteiger partial charge in [-0.15, -0.1) is 0 Å². The van der Waals surface area contributed by atoms with Gasteiger partial charge in [0, 0.05) is 13.3 Å². The molecule has 118 valence electrons. The van der Waals surface area contributed by atoms with Crippen molar-refractivity contribution in [3.05, 3.63) is 11.1 Å². The van der Waals surface area contributed by atoms with Crippen molar-refractivity contribution < 1.29 is 14.3 Å². The van der Waals surface area contributed by atoms with Crippen molar-refractivity contribution in [1.29, 1.82) is 0 Å². The average Bonchev–Trinajstić information content (AvgIpc) is 2.33. The number of carbonyl (C=O) groups is 2. The number of allylic oxidation sites excluding steroid dienone is 1. The highest BCUT2D eigenvalue weighted by Gasteiger charge is 2.44. The predicted octanol–water partition coefficient (Wildman–Crippen LogP) is 4.35. The highest BCUT2D eigenvalue weighted by Crippen LogP contribution is 2.48. The first-order chi connectivity index (χ1) is 9.77. The Morgan fingerprint density at radius 3 is 2.29 bits per heavy atom. The molecule has 0 saturated heterocycles. The largest absolute Gasteiger partial charge is 0.451 e. The molecule has 1 atom stereocenters. The van der Waals surface area contributed by atoms with Crippen LogP contribution in [0.4, 0.5) is 0 Å². The third-order valence-corrected chi connectivity index (χ3v) is 5.28. The van der Waals surface area contributed by atoms with Gasteiger partial charge < -0.3 is 4.74 Å². The molecule has 0 aromatic rings. The Bertz CT molecular complexity index is 473. The Kier molecular flexibility index (Phi) is 4.60. The fourth-order valence-corrected chi connectivity index (χ4v) is 4.02. The summed E-state index contributed by atoms with van der Waals surface area (Å²) in [5.41, 5.74) is 2.08. The van der Waals surface area contributed by atoms with Crippen LogP contribution in [0.1, 0.15) is 79.1 Å². The summed E-state index contributed by atoms with van der Waals surface area (Å²) in [5, 5.41) is 0. The van der Waals surface area contributed by atoms with E-state index >= 15 is 0 Å². The molecule has 0 aromatic heterocycles. The van der Waals surface area contributed by atoms with Crippen LogP contribution < -0.4 is 0 Å². The molecule has 3 heteroatoms. The van der Waals surface area contributed by atoms with Crippen LogP contribution in [0.15, 0.2) is 11.1 Å². The molecule has 0 heterocycles. The normalized spacial score (nSPS) is 29.1. The third kappa shape index (κ3) is 3.38. The Labute approximate surface area is 128 Å². The Morgan fingerprint density at radius 1 is 1.00 bits per heavy atom. The molecular formula is C18H28O3. The maximum Gasteiger partial charge on any atom is 0.303 e. The molecule has 2 aliphatic carbocycles. The molecule has 0 saturated carbocycles. The van der Waals surface area contributed by atoms with Gasteiger partial charge in [-0.05, 0) is 57.3 Å². The molecule has 0 radical (unpaired) electrons. The average molecular weight is 292 g/mol. The van der Waals surface area contributed by atoms with Gasteiger partial charge in [-0.2, -0.15) is 0 Å². The number of ketones is 1. The summed E-state index contributed by atoms with van der Waals surface area (Å²) in [6.45, 7) is 7.51. The van der Waals surface area contributed by atoms with Crippen molar-refractivity contribution in [3.8, 4) is 0 Å². The monoisotopic (exact) mass is 292 g/mol. The summed E-state index contributed by atoms with van der Waals surface area (Å²) in [7, 11) is 0. The molecule has 2 aliphatic rings. The fraction of sp³-hybridized carbons (Fsp3) is 0.778. The van der Waals surface area contributed by atoms with Gasteiger partial charge in [0.05, 0.1) is 0 Å². The standard InChI is InChI=1S/C18H28O3/c1-13(19)18(21-14(2)20)11-6-5-8-15-9-7-10-17(3,4)16(15)12-18/h5-12H2,1-4H3. The molecule has 0 aromatic carbocycles. The Balaban J connectivity index is 2.44. The van der Waals surface area contributed by atoms with E-state index in [2.05, 4.69) is 13.8 Å². The maximum atomic E-state index is 12.3. The van der Waals surface area contributed by atoms with Crippen molar-refractivity contribution >= 4 is 11.8 Å². The molecule has 0 spiro atoms. The molecule has 0 fully saturated rings. The lowest BCUT2D eigenvalue weighted by Crippen LogP contribution is -2.44. The SMILES string of the molecule is CC(=O)OC1(C(C)=O)CCCCC2=C(C1)C(C)(C)CCC2. The number of esters is 1. The minimum Gasteiger partial charge on any atom is -0.451 e.